The van der Waals surface area contributed by atoms with Crippen molar-refractivity contribution in [3.8, 4) is 0 Å². The van der Waals surface area contributed by atoms with E-state index in [1.54, 1.807) is 11.0 Å². The molecule has 6 nitrogen and oxygen atoms in total. The fourth-order valence-corrected chi connectivity index (χ4v) is 2.82. The summed E-state index contributed by atoms with van der Waals surface area (Å²) in [6.45, 7) is 4.85. The zero-order valence-electron chi connectivity index (χ0n) is 11.8. The molecule has 2 amide bonds. The van der Waals surface area contributed by atoms with E-state index < -0.39 is 5.97 Å². The summed E-state index contributed by atoms with van der Waals surface area (Å²) in [6.07, 6.45) is -0.0341. The first-order valence-electron chi connectivity index (χ1n) is 6.60. The molecule has 0 aliphatic carbocycles. The molecular weight excluding hydrogens is 340 g/mol. The number of benzene rings is 1. The number of hydrogen-bond donors (Lipinski definition) is 2. The summed E-state index contributed by atoms with van der Waals surface area (Å²) >= 11 is 3.24. The molecule has 21 heavy (non-hydrogen) atoms. The quantitative estimate of drug-likeness (QED) is 0.853. The molecule has 2 unspecified atom stereocenters. The maximum Gasteiger partial charge on any atom is 0.335 e. The highest BCUT2D eigenvalue weighted by atomic mass is 79.9. The van der Waals surface area contributed by atoms with Crippen molar-refractivity contribution in [3.05, 3.63) is 28.2 Å². The van der Waals surface area contributed by atoms with Gasteiger partial charge in [0.05, 0.1) is 17.8 Å². The van der Waals surface area contributed by atoms with Crippen LogP contribution >= 0.6 is 15.9 Å². The molecule has 1 fully saturated rings. The van der Waals surface area contributed by atoms with Gasteiger partial charge in [0.1, 0.15) is 0 Å². The molecule has 2 atom stereocenters. The molecule has 0 saturated carbocycles. The highest BCUT2D eigenvalue weighted by molar-refractivity contribution is 9.10. The molecule has 0 spiro atoms. The number of halogens is 1. The van der Waals surface area contributed by atoms with Crippen molar-refractivity contribution in [2.75, 3.05) is 18.4 Å². The lowest BCUT2D eigenvalue weighted by molar-refractivity contribution is -0.0530. The van der Waals surface area contributed by atoms with E-state index in [1.807, 2.05) is 13.8 Å². The van der Waals surface area contributed by atoms with Gasteiger partial charge in [-0.05, 0) is 32.0 Å². The average Bonchev–Trinajstić information content (AvgIpc) is 2.36. The maximum atomic E-state index is 12.2. The van der Waals surface area contributed by atoms with Crippen LogP contribution in [-0.2, 0) is 4.74 Å². The number of anilines is 1. The molecule has 0 aromatic heterocycles. The lowest BCUT2D eigenvalue weighted by Crippen LogP contribution is -2.49. The summed E-state index contributed by atoms with van der Waals surface area (Å²) in [7, 11) is 0. The zero-order chi connectivity index (χ0) is 15.6. The van der Waals surface area contributed by atoms with Gasteiger partial charge in [-0.25, -0.2) is 9.59 Å². The molecule has 1 aliphatic rings. The lowest BCUT2D eigenvalue weighted by Gasteiger charge is -2.35. The minimum Gasteiger partial charge on any atom is -0.478 e. The Hall–Kier alpha value is -1.60. The average molecular weight is 357 g/mol. The summed E-state index contributed by atoms with van der Waals surface area (Å²) in [5, 5.41) is 11.8. The van der Waals surface area contributed by atoms with Crippen molar-refractivity contribution >= 4 is 33.6 Å². The smallest absolute Gasteiger partial charge is 0.335 e. The topological polar surface area (TPSA) is 78.9 Å². The van der Waals surface area contributed by atoms with E-state index in [0.717, 1.165) is 0 Å². The predicted octanol–water partition coefficient (Wildman–Crippen LogP) is 2.79. The Morgan fingerprint density at radius 2 is 1.90 bits per heavy atom. The Morgan fingerprint density at radius 3 is 2.48 bits per heavy atom. The van der Waals surface area contributed by atoms with Gasteiger partial charge in [-0.2, -0.15) is 0 Å². The number of rotatable bonds is 2. The second-order valence-electron chi connectivity index (χ2n) is 5.13. The second kappa shape index (κ2) is 6.44. The number of nitrogens with one attached hydrogen (secondary N) is 1. The van der Waals surface area contributed by atoms with Crippen LogP contribution in [0.4, 0.5) is 10.5 Å². The van der Waals surface area contributed by atoms with Crippen LogP contribution in [0.1, 0.15) is 24.2 Å². The van der Waals surface area contributed by atoms with Gasteiger partial charge in [0.25, 0.3) is 0 Å². The number of urea groups is 1. The van der Waals surface area contributed by atoms with Gasteiger partial charge in [-0.3, -0.25) is 0 Å². The van der Waals surface area contributed by atoms with E-state index in [2.05, 4.69) is 21.2 Å². The van der Waals surface area contributed by atoms with Crippen LogP contribution in [0.5, 0.6) is 0 Å². The molecule has 114 valence electrons. The van der Waals surface area contributed by atoms with Crippen molar-refractivity contribution in [2.45, 2.75) is 26.1 Å². The number of carbonyl (C=O) groups excluding carboxylic acids is 1. The van der Waals surface area contributed by atoms with Crippen LogP contribution in [0.2, 0.25) is 0 Å². The van der Waals surface area contributed by atoms with E-state index in [9.17, 15) is 9.59 Å². The summed E-state index contributed by atoms with van der Waals surface area (Å²) in [4.78, 5) is 24.9. The molecule has 1 aromatic rings. The van der Waals surface area contributed by atoms with Gasteiger partial charge in [-0.1, -0.05) is 15.9 Å². The maximum absolute atomic E-state index is 12.2. The van der Waals surface area contributed by atoms with Gasteiger partial charge in [0.15, 0.2) is 0 Å². The first-order valence-corrected chi connectivity index (χ1v) is 7.39. The van der Waals surface area contributed by atoms with Gasteiger partial charge in [0.2, 0.25) is 0 Å². The molecule has 7 heteroatoms. The molecule has 0 bridgehead atoms. The third kappa shape index (κ3) is 4.18. The Balaban J connectivity index is 2.10. The summed E-state index contributed by atoms with van der Waals surface area (Å²) in [5.41, 5.74) is 0.557. The molecule has 1 aromatic carbocycles. The first kappa shape index (κ1) is 15.8. The van der Waals surface area contributed by atoms with Crippen LogP contribution in [0.3, 0.4) is 0 Å². The number of morpholine rings is 1. The number of nitrogens with zero attached hydrogens (tertiary/aromatic N) is 1. The number of carbonyl (C=O) groups is 2. The van der Waals surface area contributed by atoms with E-state index in [4.69, 9.17) is 9.84 Å². The third-order valence-corrected chi connectivity index (χ3v) is 3.56. The SMILES string of the molecule is CC1CN(C(=O)Nc2cc(Br)cc(C(=O)O)c2)CC(C)O1. The molecule has 0 radical (unpaired) electrons. The lowest BCUT2D eigenvalue weighted by atomic mass is 10.2. The van der Waals surface area contributed by atoms with Crippen molar-refractivity contribution in [3.63, 3.8) is 0 Å². The molecule has 2 rings (SSSR count). The van der Waals surface area contributed by atoms with Gasteiger partial charge in [-0.15, -0.1) is 0 Å². The number of ether oxygens (including phenoxy) is 1. The fourth-order valence-electron chi connectivity index (χ4n) is 2.33. The highest BCUT2D eigenvalue weighted by Crippen LogP contribution is 2.21. The summed E-state index contributed by atoms with van der Waals surface area (Å²) in [5.74, 6) is -1.04. The normalized spacial score (nSPS) is 22.0. The van der Waals surface area contributed by atoms with Crippen LogP contribution < -0.4 is 5.32 Å². The molecular formula is C14H17BrN2O4. The number of aromatic carboxylic acids is 1. The minimum absolute atomic E-state index is 0.0170. The number of hydrogen-bond acceptors (Lipinski definition) is 3. The van der Waals surface area contributed by atoms with Crippen molar-refractivity contribution in [1.29, 1.82) is 0 Å². The van der Waals surface area contributed by atoms with Gasteiger partial charge >= 0.3 is 12.0 Å². The zero-order valence-corrected chi connectivity index (χ0v) is 13.4. The van der Waals surface area contributed by atoms with Crippen LogP contribution in [-0.4, -0.2) is 47.3 Å². The monoisotopic (exact) mass is 356 g/mol. The molecule has 1 heterocycles. The fraction of sp³-hybridized carbons (Fsp3) is 0.429. The highest BCUT2D eigenvalue weighted by Gasteiger charge is 2.26. The van der Waals surface area contributed by atoms with E-state index in [1.165, 1.54) is 12.1 Å². The van der Waals surface area contributed by atoms with E-state index in [-0.39, 0.29) is 23.8 Å². The standard InChI is InChI=1S/C14H17BrN2O4/c1-8-6-17(7-9(2)21-8)14(20)16-12-4-10(13(18)19)3-11(15)5-12/h3-5,8-9H,6-7H2,1-2H3,(H,16,20)(H,18,19). The van der Waals surface area contributed by atoms with Crippen LogP contribution in [0.25, 0.3) is 0 Å². The van der Waals surface area contributed by atoms with Crippen molar-refractivity contribution in [1.82, 2.24) is 4.90 Å². The van der Waals surface area contributed by atoms with E-state index in [0.29, 0.717) is 23.2 Å². The summed E-state index contributed by atoms with van der Waals surface area (Å²) in [6, 6.07) is 4.32. The van der Waals surface area contributed by atoms with Crippen molar-refractivity contribution < 1.29 is 19.4 Å². The number of carboxylic acid groups (broad SMARTS) is 1. The molecule has 1 saturated heterocycles. The molecule has 2 N–H and O–H groups in total. The Labute approximate surface area is 131 Å². The van der Waals surface area contributed by atoms with Gasteiger partial charge < -0.3 is 20.1 Å². The first-order chi connectivity index (χ1) is 9.85. The third-order valence-electron chi connectivity index (χ3n) is 3.10. The van der Waals surface area contributed by atoms with Crippen molar-refractivity contribution in [2.24, 2.45) is 0 Å². The Bertz CT molecular complexity index is 554. The van der Waals surface area contributed by atoms with Gasteiger partial charge in [0, 0.05) is 23.2 Å². The van der Waals surface area contributed by atoms with E-state index >= 15 is 0 Å². The predicted molar refractivity (Wildman–Crippen MR) is 81.7 cm³/mol. The Kier molecular flexibility index (Phi) is 4.84. The summed E-state index contributed by atoms with van der Waals surface area (Å²) < 4.78 is 6.18. The number of carboxylic acids is 1. The second-order valence-corrected chi connectivity index (χ2v) is 6.04. The Morgan fingerprint density at radius 1 is 1.29 bits per heavy atom. The largest absolute Gasteiger partial charge is 0.478 e. The van der Waals surface area contributed by atoms with Crippen LogP contribution in [0, 0.1) is 0 Å². The minimum atomic E-state index is -1.04. The van der Waals surface area contributed by atoms with Crippen LogP contribution in [0.15, 0.2) is 22.7 Å². The molecule has 1 aliphatic heterocycles. The number of amides is 2.